The molecule has 0 saturated carbocycles. The van der Waals surface area contributed by atoms with Crippen LogP contribution >= 0.6 is 15.9 Å². The van der Waals surface area contributed by atoms with Crippen molar-refractivity contribution in [1.82, 2.24) is 4.98 Å². The van der Waals surface area contributed by atoms with Crippen LogP contribution in [0.5, 0.6) is 5.75 Å². The van der Waals surface area contributed by atoms with E-state index in [-0.39, 0.29) is 17.9 Å². The first kappa shape index (κ1) is 27.3. The number of hydrogen-bond donors (Lipinski definition) is 1. The Kier molecular flexibility index (Phi) is 8.16. The van der Waals surface area contributed by atoms with Crippen molar-refractivity contribution in [3.05, 3.63) is 87.9 Å². The van der Waals surface area contributed by atoms with Gasteiger partial charge in [0.1, 0.15) is 0 Å². The van der Waals surface area contributed by atoms with Crippen LogP contribution in [0.1, 0.15) is 47.7 Å². The van der Waals surface area contributed by atoms with E-state index < -0.39 is 23.6 Å². The number of halogens is 4. The fraction of sp³-hybridized carbons (Fsp3) is 0.207. The molecule has 1 aromatic heterocycles. The molecule has 196 valence electrons. The predicted octanol–water partition coefficient (Wildman–Crippen LogP) is 8.34. The minimum atomic E-state index is -4.65. The van der Waals surface area contributed by atoms with Crippen molar-refractivity contribution >= 4 is 44.4 Å². The molecule has 0 unspecified atom stereocenters. The van der Waals surface area contributed by atoms with Crippen LogP contribution in [0.2, 0.25) is 0 Å². The maximum absolute atomic E-state index is 13.7. The molecule has 5 nitrogen and oxygen atoms in total. The number of fused-ring (bicyclic) bond motifs is 1. The average molecular weight is 585 g/mol. The second-order valence-corrected chi connectivity index (χ2v) is 9.64. The molecule has 38 heavy (non-hydrogen) atoms. The van der Waals surface area contributed by atoms with Gasteiger partial charge in [0.15, 0.2) is 5.75 Å². The Morgan fingerprint density at radius 2 is 1.76 bits per heavy atom. The van der Waals surface area contributed by atoms with Gasteiger partial charge in [0.25, 0.3) is 5.91 Å². The summed E-state index contributed by atoms with van der Waals surface area (Å²) in [6, 6.07) is 17.4. The number of anilines is 1. The predicted molar refractivity (Wildman–Crippen MR) is 144 cm³/mol. The fourth-order valence-electron chi connectivity index (χ4n) is 4.07. The first-order chi connectivity index (χ1) is 18.1. The quantitative estimate of drug-likeness (QED) is 0.175. The summed E-state index contributed by atoms with van der Waals surface area (Å²) < 4.78 is 46.2. The number of nitrogens with one attached hydrogen (secondary N) is 1. The van der Waals surface area contributed by atoms with Gasteiger partial charge in [-0.15, -0.1) is 0 Å². The summed E-state index contributed by atoms with van der Waals surface area (Å²) in [4.78, 5) is 30.8. The number of ether oxygens (including phenoxy) is 1. The van der Waals surface area contributed by atoms with Gasteiger partial charge in [0, 0.05) is 21.8 Å². The van der Waals surface area contributed by atoms with Crippen LogP contribution in [-0.4, -0.2) is 16.9 Å². The smallest absolute Gasteiger partial charge is 0.416 e. The van der Waals surface area contributed by atoms with Crippen LogP contribution in [0, 0.1) is 6.92 Å². The molecule has 4 rings (SSSR count). The number of alkyl halides is 3. The van der Waals surface area contributed by atoms with Crippen LogP contribution < -0.4 is 10.1 Å². The Balaban J connectivity index is 1.80. The van der Waals surface area contributed by atoms with Crippen molar-refractivity contribution in [2.24, 2.45) is 0 Å². The zero-order valence-corrected chi connectivity index (χ0v) is 22.2. The molecule has 1 N–H and O–H groups in total. The molecule has 4 aromatic rings. The van der Waals surface area contributed by atoms with E-state index in [9.17, 15) is 22.8 Å². The highest BCUT2D eigenvalue weighted by atomic mass is 79.9. The monoisotopic (exact) mass is 584 g/mol. The van der Waals surface area contributed by atoms with E-state index in [0.29, 0.717) is 34.1 Å². The lowest BCUT2D eigenvalue weighted by Crippen LogP contribution is -2.18. The highest BCUT2D eigenvalue weighted by Crippen LogP contribution is 2.37. The lowest BCUT2D eigenvalue weighted by molar-refractivity contribution is -0.139. The lowest BCUT2D eigenvalue weighted by Gasteiger charge is -2.17. The van der Waals surface area contributed by atoms with E-state index in [1.54, 1.807) is 19.1 Å². The van der Waals surface area contributed by atoms with Gasteiger partial charge < -0.3 is 10.1 Å². The SMILES string of the molecule is CCCCC(=O)Oc1cc(C(F)(F)F)ccc1NC(=O)c1c(C)c(-c2ccccc2)nc2ccc(Br)cc12. The summed E-state index contributed by atoms with van der Waals surface area (Å²) in [5.41, 5.74) is 1.84. The van der Waals surface area contributed by atoms with Gasteiger partial charge in [-0.1, -0.05) is 59.6 Å². The summed E-state index contributed by atoms with van der Waals surface area (Å²) >= 11 is 3.43. The maximum Gasteiger partial charge on any atom is 0.416 e. The average Bonchev–Trinajstić information content (AvgIpc) is 2.88. The standard InChI is InChI=1S/C29H24BrF3N2O3/c1-3-4-10-25(36)38-24-15-19(29(31,32)33)11-13-23(24)35-28(37)26-17(2)27(18-8-6-5-7-9-18)34-22-14-12-20(30)16-21(22)26/h5-9,11-16H,3-4,10H2,1-2H3,(H,35,37). The summed E-state index contributed by atoms with van der Waals surface area (Å²) in [7, 11) is 0. The van der Waals surface area contributed by atoms with Crippen LogP contribution in [0.3, 0.4) is 0 Å². The van der Waals surface area contributed by atoms with Crippen molar-refractivity contribution < 1.29 is 27.5 Å². The molecular weight excluding hydrogens is 561 g/mol. The largest absolute Gasteiger partial charge is 0.424 e. The second kappa shape index (κ2) is 11.3. The third-order valence-corrected chi connectivity index (χ3v) is 6.47. The molecule has 1 amide bonds. The second-order valence-electron chi connectivity index (χ2n) is 8.73. The minimum absolute atomic E-state index is 0.0443. The molecule has 3 aromatic carbocycles. The summed E-state index contributed by atoms with van der Waals surface area (Å²) in [5.74, 6) is -1.62. The normalized spacial score (nSPS) is 11.4. The van der Waals surface area contributed by atoms with E-state index in [1.165, 1.54) is 0 Å². The van der Waals surface area contributed by atoms with E-state index in [0.717, 1.165) is 34.7 Å². The van der Waals surface area contributed by atoms with Gasteiger partial charge in [0.2, 0.25) is 0 Å². The first-order valence-corrected chi connectivity index (χ1v) is 12.8. The van der Waals surface area contributed by atoms with Crippen molar-refractivity contribution in [3.63, 3.8) is 0 Å². The number of pyridine rings is 1. The van der Waals surface area contributed by atoms with E-state index in [4.69, 9.17) is 9.72 Å². The first-order valence-electron chi connectivity index (χ1n) is 12.0. The van der Waals surface area contributed by atoms with E-state index >= 15 is 0 Å². The van der Waals surface area contributed by atoms with E-state index in [1.807, 2.05) is 43.3 Å². The molecule has 0 aliphatic carbocycles. The summed E-state index contributed by atoms with van der Waals surface area (Å²) in [6.45, 7) is 3.65. The Labute approximate surface area is 226 Å². The van der Waals surface area contributed by atoms with Gasteiger partial charge >= 0.3 is 12.1 Å². The molecule has 0 fully saturated rings. The number of amides is 1. The van der Waals surface area contributed by atoms with Crippen LogP contribution in [0.4, 0.5) is 18.9 Å². The Hall–Kier alpha value is -3.72. The Morgan fingerprint density at radius 1 is 1.03 bits per heavy atom. The number of benzene rings is 3. The van der Waals surface area contributed by atoms with Gasteiger partial charge in [-0.25, -0.2) is 4.98 Å². The van der Waals surface area contributed by atoms with Crippen molar-refractivity contribution in [3.8, 4) is 17.0 Å². The molecule has 0 spiro atoms. The molecule has 0 aliphatic rings. The summed E-state index contributed by atoms with van der Waals surface area (Å²) in [5, 5.41) is 3.23. The zero-order valence-electron chi connectivity index (χ0n) is 20.7. The molecule has 9 heteroatoms. The van der Waals surface area contributed by atoms with Gasteiger partial charge in [-0.2, -0.15) is 13.2 Å². The molecule has 0 saturated heterocycles. The minimum Gasteiger partial charge on any atom is -0.424 e. The van der Waals surface area contributed by atoms with E-state index in [2.05, 4.69) is 21.2 Å². The Bertz CT molecular complexity index is 1500. The number of carbonyl (C=O) groups is 2. The lowest BCUT2D eigenvalue weighted by atomic mass is 9.97. The number of carbonyl (C=O) groups excluding carboxylic acids is 2. The van der Waals surface area contributed by atoms with Crippen LogP contribution in [0.25, 0.3) is 22.2 Å². The van der Waals surface area contributed by atoms with Crippen molar-refractivity contribution in [2.75, 3.05) is 5.32 Å². The number of rotatable bonds is 7. The molecular formula is C29H24BrF3N2O3. The number of esters is 1. The van der Waals surface area contributed by atoms with Crippen molar-refractivity contribution in [1.29, 1.82) is 0 Å². The molecule has 0 bridgehead atoms. The van der Waals surface area contributed by atoms with Gasteiger partial charge in [-0.05, 0) is 55.3 Å². The molecule has 0 aliphatic heterocycles. The maximum atomic E-state index is 13.7. The third kappa shape index (κ3) is 6.05. The van der Waals surface area contributed by atoms with Crippen molar-refractivity contribution in [2.45, 2.75) is 39.3 Å². The van der Waals surface area contributed by atoms with Gasteiger partial charge in [-0.3, -0.25) is 9.59 Å². The van der Waals surface area contributed by atoms with Gasteiger partial charge in [0.05, 0.1) is 28.0 Å². The third-order valence-electron chi connectivity index (χ3n) is 5.98. The molecule has 1 heterocycles. The molecule has 0 radical (unpaired) electrons. The molecule has 0 atom stereocenters. The Morgan fingerprint density at radius 3 is 2.45 bits per heavy atom. The number of hydrogen-bond acceptors (Lipinski definition) is 4. The number of unbranched alkanes of at least 4 members (excludes halogenated alkanes) is 1. The number of nitrogens with zero attached hydrogens (tertiary/aromatic N) is 1. The highest BCUT2D eigenvalue weighted by Gasteiger charge is 2.32. The summed E-state index contributed by atoms with van der Waals surface area (Å²) in [6.07, 6.45) is -3.36. The topological polar surface area (TPSA) is 68.3 Å². The number of aromatic nitrogens is 1. The van der Waals surface area contributed by atoms with Crippen LogP contribution in [-0.2, 0) is 11.0 Å². The highest BCUT2D eigenvalue weighted by molar-refractivity contribution is 9.10. The fourth-order valence-corrected chi connectivity index (χ4v) is 4.43. The van der Waals surface area contributed by atoms with Crippen LogP contribution in [0.15, 0.2) is 71.2 Å². The zero-order chi connectivity index (χ0) is 27.4.